The number of aliphatic hydroxyl groups is 1. The van der Waals surface area contributed by atoms with Gasteiger partial charge in [-0.15, -0.1) is 0 Å². The number of benzene rings is 1. The molecule has 1 heterocycles. The van der Waals surface area contributed by atoms with Crippen LogP contribution in [0.15, 0.2) is 18.2 Å². The van der Waals surface area contributed by atoms with Gasteiger partial charge in [0.15, 0.2) is 0 Å². The molecule has 0 saturated carbocycles. The van der Waals surface area contributed by atoms with E-state index < -0.39 is 0 Å². The fourth-order valence-corrected chi connectivity index (χ4v) is 3.30. The molecule has 3 heteroatoms. The van der Waals surface area contributed by atoms with Gasteiger partial charge in [0.05, 0.1) is 6.10 Å². The van der Waals surface area contributed by atoms with Crippen LogP contribution in [0.1, 0.15) is 29.2 Å². The molecule has 2 unspecified atom stereocenters. The minimum absolute atomic E-state index is 0.308. The molecule has 3 nitrogen and oxygen atoms in total. The van der Waals surface area contributed by atoms with E-state index in [1.165, 1.54) is 11.1 Å². The van der Waals surface area contributed by atoms with E-state index in [1.807, 2.05) is 0 Å². The van der Waals surface area contributed by atoms with Crippen molar-refractivity contribution in [2.24, 2.45) is 0 Å². The third-order valence-corrected chi connectivity index (χ3v) is 4.31. The Morgan fingerprint density at radius 3 is 2.83 bits per heavy atom. The van der Waals surface area contributed by atoms with Gasteiger partial charge in [-0.05, 0) is 30.9 Å². The lowest BCUT2D eigenvalue weighted by molar-refractivity contribution is 0.0297. The Bertz CT molecular complexity index is 427. The monoisotopic (exact) mass is 246 g/mol. The highest BCUT2D eigenvalue weighted by Gasteiger charge is 2.32. The summed E-state index contributed by atoms with van der Waals surface area (Å²) in [5.41, 5.74) is 3.78. The van der Waals surface area contributed by atoms with Crippen LogP contribution >= 0.6 is 0 Å². The van der Waals surface area contributed by atoms with E-state index in [0.717, 1.165) is 44.6 Å². The van der Waals surface area contributed by atoms with E-state index in [9.17, 15) is 5.11 Å². The van der Waals surface area contributed by atoms with Gasteiger partial charge in [-0.2, -0.15) is 0 Å². The number of hydrogen-bond donors (Lipinski definition) is 2. The molecule has 1 saturated heterocycles. The Kier molecular flexibility index (Phi) is 3.37. The molecule has 18 heavy (non-hydrogen) atoms. The van der Waals surface area contributed by atoms with Crippen LogP contribution in [0, 0.1) is 6.92 Å². The molecular formula is C15H22N2O. The lowest BCUT2D eigenvalue weighted by Gasteiger charge is -2.40. The quantitative estimate of drug-likeness (QED) is 0.783. The fraction of sp³-hybridized carbons (Fsp3) is 0.600. The van der Waals surface area contributed by atoms with Crippen LogP contribution in [-0.2, 0) is 6.42 Å². The van der Waals surface area contributed by atoms with E-state index in [-0.39, 0.29) is 6.10 Å². The van der Waals surface area contributed by atoms with Gasteiger partial charge < -0.3 is 10.4 Å². The lowest BCUT2D eigenvalue weighted by Crippen LogP contribution is -2.51. The number of fused-ring (bicyclic) bond motifs is 1. The van der Waals surface area contributed by atoms with Gasteiger partial charge in [0.1, 0.15) is 0 Å². The van der Waals surface area contributed by atoms with Crippen molar-refractivity contribution in [1.82, 2.24) is 10.2 Å². The van der Waals surface area contributed by atoms with Crippen LogP contribution in [0.4, 0.5) is 0 Å². The van der Waals surface area contributed by atoms with E-state index in [0.29, 0.717) is 6.04 Å². The van der Waals surface area contributed by atoms with Crippen LogP contribution in [-0.4, -0.2) is 42.2 Å². The van der Waals surface area contributed by atoms with Crippen molar-refractivity contribution < 1.29 is 5.11 Å². The first-order chi connectivity index (χ1) is 8.75. The fourth-order valence-electron chi connectivity index (χ4n) is 3.30. The number of piperazine rings is 1. The van der Waals surface area contributed by atoms with Gasteiger partial charge >= 0.3 is 0 Å². The Morgan fingerprint density at radius 1 is 1.28 bits per heavy atom. The second kappa shape index (κ2) is 5.00. The zero-order valence-electron chi connectivity index (χ0n) is 11.0. The van der Waals surface area contributed by atoms with E-state index in [1.54, 1.807) is 0 Å². The van der Waals surface area contributed by atoms with Crippen LogP contribution in [0.25, 0.3) is 0 Å². The van der Waals surface area contributed by atoms with Gasteiger partial charge in [-0.3, -0.25) is 4.90 Å². The van der Waals surface area contributed by atoms with Gasteiger partial charge in [0.2, 0.25) is 0 Å². The van der Waals surface area contributed by atoms with Crippen LogP contribution in [0.3, 0.4) is 0 Å². The first-order valence-corrected chi connectivity index (χ1v) is 6.98. The average molecular weight is 246 g/mol. The minimum Gasteiger partial charge on any atom is -0.387 e. The molecule has 2 N–H and O–H groups in total. The van der Waals surface area contributed by atoms with Crippen molar-refractivity contribution in [2.75, 3.05) is 26.2 Å². The number of aliphatic hydroxyl groups excluding tert-OH is 1. The van der Waals surface area contributed by atoms with Crippen molar-refractivity contribution in [3.05, 3.63) is 34.9 Å². The molecule has 1 fully saturated rings. The summed E-state index contributed by atoms with van der Waals surface area (Å²) in [5.74, 6) is 0. The molecule has 1 aliphatic heterocycles. The molecule has 0 radical (unpaired) electrons. The Labute approximate surface area is 109 Å². The highest BCUT2D eigenvalue weighted by Crippen LogP contribution is 2.33. The maximum atomic E-state index is 10.6. The molecule has 1 aliphatic carbocycles. The Hall–Kier alpha value is -0.900. The lowest BCUT2D eigenvalue weighted by atomic mass is 9.84. The molecule has 0 spiro atoms. The number of hydrogen-bond acceptors (Lipinski definition) is 3. The smallest absolute Gasteiger partial charge is 0.0947 e. The molecule has 0 aromatic heterocycles. The molecule has 2 atom stereocenters. The largest absolute Gasteiger partial charge is 0.387 e. The summed E-state index contributed by atoms with van der Waals surface area (Å²) in [6.45, 7) is 6.33. The number of rotatable bonds is 1. The summed E-state index contributed by atoms with van der Waals surface area (Å²) in [6.07, 6.45) is 1.87. The summed E-state index contributed by atoms with van der Waals surface area (Å²) >= 11 is 0. The molecule has 0 amide bonds. The van der Waals surface area contributed by atoms with Gasteiger partial charge in [0.25, 0.3) is 0 Å². The molecule has 1 aromatic rings. The summed E-state index contributed by atoms with van der Waals surface area (Å²) in [6, 6.07) is 6.76. The Morgan fingerprint density at radius 2 is 2.06 bits per heavy atom. The first-order valence-electron chi connectivity index (χ1n) is 6.98. The number of aryl methyl sites for hydroxylation is 2. The molecule has 3 rings (SSSR count). The standard InChI is InChI=1S/C15H22N2O/c1-11-2-4-13-12(10-11)3-5-14(15(13)18)17-8-6-16-7-9-17/h2,4,10,14-16,18H,3,5-9H2,1H3. The minimum atomic E-state index is -0.313. The van der Waals surface area contributed by atoms with Crippen molar-refractivity contribution in [3.63, 3.8) is 0 Å². The maximum absolute atomic E-state index is 10.6. The van der Waals surface area contributed by atoms with Gasteiger partial charge in [0, 0.05) is 32.2 Å². The zero-order chi connectivity index (χ0) is 12.5. The third-order valence-electron chi connectivity index (χ3n) is 4.31. The van der Waals surface area contributed by atoms with Crippen LogP contribution < -0.4 is 5.32 Å². The van der Waals surface area contributed by atoms with Gasteiger partial charge in [-0.25, -0.2) is 0 Å². The summed E-state index contributed by atoms with van der Waals surface area (Å²) in [5, 5.41) is 14.0. The van der Waals surface area contributed by atoms with Crippen LogP contribution in [0.2, 0.25) is 0 Å². The predicted octanol–water partition coefficient (Wildman–Crippen LogP) is 1.25. The topological polar surface area (TPSA) is 35.5 Å². The molecule has 0 bridgehead atoms. The zero-order valence-corrected chi connectivity index (χ0v) is 11.0. The summed E-state index contributed by atoms with van der Waals surface area (Å²) in [7, 11) is 0. The third kappa shape index (κ3) is 2.18. The predicted molar refractivity (Wildman–Crippen MR) is 72.7 cm³/mol. The second-order valence-corrected chi connectivity index (χ2v) is 5.54. The van der Waals surface area contributed by atoms with E-state index in [2.05, 4.69) is 35.3 Å². The molecular weight excluding hydrogens is 224 g/mol. The average Bonchev–Trinajstić information content (AvgIpc) is 2.40. The number of nitrogens with one attached hydrogen (secondary N) is 1. The normalized spacial score (nSPS) is 29.0. The molecule has 98 valence electrons. The second-order valence-electron chi connectivity index (χ2n) is 5.54. The van der Waals surface area contributed by atoms with Crippen molar-refractivity contribution >= 4 is 0 Å². The highest BCUT2D eigenvalue weighted by molar-refractivity contribution is 5.36. The SMILES string of the molecule is Cc1ccc2c(c1)CCC(N1CCNCC1)C2O. The van der Waals surface area contributed by atoms with Gasteiger partial charge in [-0.1, -0.05) is 23.8 Å². The van der Waals surface area contributed by atoms with Crippen molar-refractivity contribution in [1.29, 1.82) is 0 Å². The Balaban J connectivity index is 1.82. The van der Waals surface area contributed by atoms with Crippen molar-refractivity contribution in [2.45, 2.75) is 31.9 Å². The maximum Gasteiger partial charge on any atom is 0.0947 e. The van der Waals surface area contributed by atoms with E-state index >= 15 is 0 Å². The number of nitrogens with zero attached hydrogens (tertiary/aromatic N) is 1. The molecule has 2 aliphatic rings. The highest BCUT2D eigenvalue weighted by atomic mass is 16.3. The van der Waals surface area contributed by atoms with E-state index in [4.69, 9.17) is 0 Å². The van der Waals surface area contributed by atoms with Crippen LogP contribution in [0.5, 0.6) is 0 Å². The first kappa shape index (κ1) is 12.2. The molecule has 1 aromatic carbocycles. The summed E-state index contributed by atoms with van der Waals surface area (Å²) < 4.78 is 0. The summed E-state index contributed by atoms with van der Waals surface area (Å²) in [4.78, 5) is 2.45. The van der Waals surface area contributed by atoms with Crippen molar-refractivity contribution in [3.8, 4) is 0 Å².